The van der Waals surface area contributed by atoms with E-state index >= 15 is 0 Å². The fourth-order valence-corrected chi connectivity index (χ4v) is 1.58. The molecule has 1 heterocycles. The first-order valence-electron chi connectivity index (χ1n) is 3.76. The Bertz CT molecular complexity index is 269. The van der Waals surface area contributed by atoms with Gasteiger partial charge in [0.1, 0.15) is 0 Å². The van der Waals surface area contributed by atoms with Gasteiger partial charge in [0.2, 0.25) is 0 Å². The average Bonchev–Trinajstić information content (AvgIpc) is 2.57. The van der Waals surface area contributed by atoms with Crippen LogP contribution >= 0.6 is 15.9 Å². The second-order valence-corrected chi connectivity index (χ2v) is 3.38. The highest BCUT2D eigenvalue weighted by molar-refractivity contribution is 9.10. The Morgan fingerprint density at radius 1 is 1.42 bits per heavy atom. The molecule has 0 spiro atoms. The van der Waals surface area contributed by atoms with Gasteiger partial charge < -0.3 is 9.47 Å². The normalized spacial score (nSPS) is 18.4. The van der Waals surface area contributed by atoms with Gasteiger partial charge in [-0.3, -0.25) is 0 Å². The largest absolute Gasteiger partial charge is 0.346 e. The summed E-state index contributed by atoms with van der Waals surface area (Å²) in [6.45, 7) is 1.35. The molecule has 2 rings (SSSR count). The average molecular weight is 228 g/mol. The van der Waals surface area contributed by atoms with Crippen LogP contribution in [0.2, 0.25) is 0 Å². The standard InChI is InChI=1S/C9H8BrO2/c10-8-4-2-1-3-7(8)9-11-5-6-12-9/h2-4,9H,5-6H2. The van der Waals surface area contributed by atoms with Crippen molar-refractivity contribution >= 4 is 15.9 Å². The Labute approximate surface area is 79.6 Å². The Morgan fingerprint density at radius 2 is 2.17 bits per heavy atom. The third kappa shape index (κ3) is 1.53. The molecular weight excluding hydrogens is 220 g/mol. The van der Waals surface area contributed by atoms with Crippen LogP contribution in [0.5, 0.6) is 0 Å². The summed E-state index contributed by atoms with van der Waals surface area (Å²) in [4.78, 5) is 0. The predicted octanol–water partition coefficient (Wildman–Crippen LogP) is 2.29. The zero-order valence-electron chi connectivity index (χ0n) is 6.42. The lowest BCUT2D eigenvalue weighted by molar-refractivity contribution is -0.0446. The van der Waals surface area contributed by atoms with E-state index < -0.39 is 0 Å². The van der Waals surface area contributed by atoms with Crippen LogP contribution in [0.1, 0.15) is 11.9 Å². The minimum absolute atomic E-state index is 0.211. The second-order valence-electron chi connectivity index (χ2n) is 2.52. The third-order valence-corrected chi connectivity index (χ3v) is 2.44. The summed E-state index contributed by atoms with van der Waals surface area (Å²) in [5.41, 5.74) is 1.01. The van der Waals surface area contributed by atoms with Crippen molar-refractivity contribution in [1.82, 2.24) is 0 Å². The lowest BCUT2D eigenvalue weighted by atomic mass is 10.2. The maximum atomic E-state index is 5.35. The van der Waals surface area contributed by atoms with E-state index in [-0.39, 0.29) is 6.29 Å². The van der Waals surface area contributed by atoms with Gasteiger partial charge >= 0.3 is 0 Å². The summed E-state index contributed by atoms with van der Waals surface area (Å²) in [5.74, 6) is 0. The van der Waals surface area contributed by atoms with Crippen LogP contribution in [-0.2, 0) is 9.47 Å². The number of hydrogen-bond donors (Lipinski definition) is 0. The first-order valence-corrected chi connectivity index (χ1v) is 4.56. The molecule has 63 valence electrons. The number of hydrogen-bond acceptors (Lipinski definition) is 2. The number of halogens is 1. The minimum Gasteiger partial charge on any atom is -0.346 e. The smallest absolute Gasteiger partial charge is 0.185 e. The molecular formula is C9H8BrO2. The molecule has 1 saturated heterocycles. The van der Waals surface area contributed by atoms with E-state index in [1.54, 1.807) is 0 Å². The van der Waals surface area contributed by atoms with Gasteiger partial charge in [-0.1, -0.05) is 22.0 Å². The molecule has 1 fully saturated rings. The summed E-state index contributed by atoms with van der Waals surface area (Å²) in [5, 5.41) is 0. The van der Waals surface area contributed by atoms with Crippen LogP contribution in [-0.4, -0.2) is 13.2 Å². The van der Waals surface area contributed by atoms with Crippen LogP contribution in [0, 0.1) is 6.07 Å². The fourth-order valence-electron chi connectivity index (χ4n) is 1.14. The molecule has 0 unspecified atom stereocenters. The van der Waals surface area contributed by atoms with Crippen LogP contribution in [0.4, 0.5) is 0 Å². The van der Waals surface area contributed by atoms with Crippen LogP contribution < -0.4 is 0 Å². The van der Waals surface area contributed by atoms with Crippen molar-refractivity contribution in [3.8, 4) is 0 Å². The molecule has 12 heavy (non-hydrogen) atoms. The zero-order chi connectivity index (χ0) is 8.39. The molecule has 1 radical (unpaired) electrons. The Morgan fingerprint density at radius 3 is 2.83 bits per heavy atom. The van der Waals surface area contributed by atoms with Crippen molar-refractivity contribution in [2.24, 2.45) is 0 Å². The molecule has 0 aliphatic carbocycles. The van der Waals surface area contributed by atoms with E-state index in [1.165, 1.54) is 0 Å². The molecule has 0 aromatic heterocycles. The highest BCUT2D eigenvalue weighted by atomic mass is 79.9. The zero-order valence-corrected chi connectivity index (χ0v) is 8.00. The number of ether oxygens (including phenoxy) is 2. The molecule has 3 heteroatoms. The van der Waals surface area contributed by atoms with Gasteiger partial charge in [-0.15, -0.1) is 0 Å². The lowest BCUT2D eigenvalue weighted by Gasteiger charge is -2.10. The summed E-state index contributed by atoms with van der Waals surface area (Å²) in [6.07, 6.45) is -0.211. The van der Waals surface area contributed by atoms with E-state index in [9.17, 15) is 0 Å². The van der Waals surface area contributed by atoms with Crippen molar-refractivity contribution in [2.75, 3.05) is 13.2 Å². The van der Waals surface area contributed by atoms with Crippen LogP contribution in [0.3, 0.4) is 0 Å². The summed E-state index contributed by atoms with van der Waals surface area (Å²) in [7, 11) is 0. The van der Waals surface area contributed by atoms with E-state index in [0.717, 1.165) is 10.0 Å². The summed E-state index contributed by atoms with van der Waals surface area (Å²) < 4.78 is 11.7. The monoisotopic (exact) mass is 227 g/mol. The predicted molar refractivity (Wildman–Crippen MR) is 47.6 cm³/mol. The summed E-state index contributed by atoms with van der Waals surface area (Å²) >= 11 is 3.43. The molecule has 2 nitrogen and oxygen atoms in total. The topological polar surface area (TPSA) is 18.5 Å². The molecule has 1 aliphatic heterocycles. The van der Waals surface area contributed by atoms with E-state index in [2.05, 4.69) is 22.0 Å². The van der Waals surface area contributed by atoms with Crippen LogP contribution in [0.15, 0.2) is 22.7 Å². The van der Waals surface area contributed by atoms with Gasteiger partial charge in [-0.05, 0) is 18.2 Å². The van der Waals surface area contributed by atoms with Crippen molar-refractivity contribution < 1.29 is 9.47 Å². The molecule has 0 N–H and O–H groups in total. The van der Waals surface area contributed by atoms with E-state index in [0.29, 0.717) is 13.2 Å². The van der Waals surface area contributed by atoms with Gasteiger partial charge in [-0.25, -0.2) is 0 Å². The molecule has 0 bridgehead atoms. The molecule has 1 aromatic rings. The van der Waals surface area contributed by atoms with Crippen LogP contribution in [0.25, 0.3) is 0 Å². The van der Waals surface area contributed by atoms with Gasteiger partial charge in [0, 0.05) is 10.0 Å². The van der Waals surface area contributed by atoms with E-state index in [4.69, 9.17) is 9.47 Å². The van der Waals surface area contributed by atoms with Crippen molar-refractivity contribution in [1.29, 1.82) is 0 Å². The maximum Gasteiger partial charge on any atom is 0.185 e. The fraction of sp³-hybridized carbons (Fsp3) is 0.333. The summed E-state index contributed by atoms with van der Waals surface area (Å²) in [6, 6.07) is 8.64. The SMILES string of the molecule is Brc1cc[c]cc1C1OCCO1. The lowest BCUT2D eigenvalue weighted by Crippen LogP contribution is -1.98. The van der Waals surface area contributed by atoms with Crippen molar-refractivity contribution in [2.45, 2.75) is 6.29 Å². The van der Waals surface area contributed by atoms with Gasteiger partial charge in [0.05, 0.1) is 13.2 Å². The number of rotatable bonds is 1. The van der Waals surface area contributed by atoms with Gasteiger partial charge in [0.25, 0.3) is 0 Å². The molecule has 0 saturated carbocycles. The van der Waals surface area contributed by atoms with Crippen molar-refractivity contribution in [3.05, 3.63) is 34.3 Å². The van der Waals surface area contributed by atoms with Crippen molar-refractivity contribution in [3.63, 3.8) is 0 Å². The van der Waals surface area contributed by atoms with Gasteiger partial charge in [-0.2, -0.15) is 0 Å². The highest BCUT2D eigenvalue weighted by Gasteiger charge is 2.19. The minimum atomic E-state index is -0.211. The molecule has 1 aromatic carbocycles. The molecule has 0 atom stereocenters. The van der Waals surface area contributed by atoms with E-state index in [1.807, 2.05) is 18.2 Å². The third-order valence-electron chi connectivity index (χ3n) is 1.72. The molecule has 1 aliphatic rings. The Kier molecular flexibility index (Phi) is 2.44. The maximum absolute atomic E-state index is 5.35. The Balaban J connectivity index is 2.26. The highest BCUT2D eigenvalue weighted by Crippen LogP contribution is 2.28. The quantitative estimate of drug-likeness (QED) is 0.734. The number of benzene rings is 1. The molecule has 0 amide bonds. The Hall–Kier alpha value is -0.380. The second kappa shape index (κ2) is 3.56. The first-order chi connectivity index (χ1) is 5.88. The van der Waals surface area contributed by atoms with Gasteiger partial charge in [0.15, 0.2) is 6.29 Å². The first kappa shape index (κ1) is 8.23.